The van der Waals surface area contributed by atoms with Crippen molar-refractivity contribution in [3.63, 3.8) is 0 Å². The van der Waals surface area contributed by atoms with Gasteiger partial charge in [-0.3, -0.25) is 10.4 Å². The minimum absolute atomic E-state index is 0.139. The van der Waals surface area contributed by atoms with Crippen molar-refractivity contribution in [1.82, 2.24) is 0 Å². The molecular formula is C5H11OS-. The Morgan fingerprint density at radius 2 is 1.57 bits per heavy atom. The van der Waals surface area contributed by atoms with E-state index in [0.717, 1.165) is 0 Å². The molecule has 0 saturated carbocycles. The van der Waals surface area contributed by atoms with E-state index in [1.54, 1.807) is 0 Å². The van der Waals surface area contributed by atoms with Gasteiger partial charge in [0.25, 0.3) is 0 Å². The molecule has 0 aliphatic heterocycles. The molecule has 0 saturated heterocycles. The van der Waals surface area contributed by atoms with Gasteiger partial charge in [0.05, 0.1) is 0 Å². The molecule has 0 aliphatic carbocycles. The van der Waals surface area contributed by atoms with Crippen molar-refractivity contribution in [3.8, 4) is 0 Å². The van der Waals surface area contributed by atoms with Crippen molar-refractivity contribution >= 4 is 16.3 Å². The molecule has 0 radical (unpaired) electrons. The standard InChI is InChI=1S/C5H11OS/c1-5(2,3)7(4)6/h4H2,1-3H3/q-1. The second-order valence-corrected chi connectivity index (χ2v) is 4.37. The van der Waals surface area contributed by atoms with Crippen molar-refractivity contribution in [3.05, 3.63) is 0 Å². The minimum atomic E-state index is -0.933. The molecule has 0 aliphatic rings. The molecule has 0 aromatic heterocycles. The lowest BCUT2D eigenvalue weighted by Gasteiger charge is -2.21. The third-order valence-corrected chi connectivity index (χ3v) is 2.05. The van der Waals surface area contributed by atoms with Crippen molar-refractivity contribution < 1.29 is 4.21 Å². The summed E-state index contributed by atoms with van der Waals surface area (Å²) in [6.45, 7) is 5.70. The van der Waals surface area contributed by atoms with Crippen LogP contribution in [-0.2, 0) is 14.6 Å². The van der Waals surface area contributed by atoms with Gasteiger partial charge in [0.15, 0.2) is 0 Å². The maximum Gasteiger partial charge on any atom is -0.0769 e. The van der Waals surface area contributed by atoms with Gasteiger partial charge in [-0.05, 0) is 0 Å². The van der Waals surface area contributed by atoms with Gasteiger partial charge in [-0.25, -0.2) is 0 Å². The minimum Gasteiger partial charge on any atom is -0.461 e. The fraction of sp³-hybridized carbons (Fsp3) is 0.800. The average molecular weight is 119 g/mol. The fourth-order valence-electron chi connectivity index (χ4n) is 0. The molecule has 0 unspecified atom stereocenters. The van der Waals surface area contributed by atoms with Gasteiger partial charge >= 0.3 is 0 Å². The Balaban J connectivity index is 4.08. The largest absolute Gasteiger partial charge is 0.461 e. The first-order chi connectivity index (χ1) is 2.94. The monoisotopic (exact) mass is 119 g/mol. The predicted molar refractivity (Wildman–Crippen MR) is 34.9 cm³/mol. The van der Waals surface area contributed by atoms with Crippen LogP contribution >= 0.6 is 0 Å². The number of hydrogen-bond acceptors (Lipinski definition) is 2. The Labute approximate surface area is 46.8 Å². The first-order valence-electron chi connectivity index (χ1n) is 2.16. The highest BCUT2D eigenvalue weighted by atomic mass is 32.2. The molecule has 0 atom stereocenters. The molecular weight excluding hydrogens is 108 g/mol. The summed E-state index contributed by atoms with van der Waals surface area (Å²) in [5, 5.41) is 0. The summed E-state index contributed by atoms with van der Waals surface area (Å²) in [5.74, 6) is 3.38. The molecule has 0 N–H and O–H groups in total. The van der Waals surface area contributed by atoms with Gasteiger partial charge in [0, 0.05) is 0 Å². The predicted octanol–water partition coefficient (Wildman–Crippen LogP) is 1.18. The van der Waals surface area contributed by atoms with E-state index in [9.17, 15) is 4.21 Å². The molecule has 0 rings (SSSR count). The Morgan fingerprint density at radius 1 is 1.43 bits per heavy atom. The Hall–Kier alpha value is 0.0200. The molecule has 0 amide bonds. The van der Waals surface area contributed by atoms with Crippen LogP contribution in [0.5, 0.6) is 0 Å². The molecule has 0 bridgehead atoms. The maximum absolute atomic E-state index is 10.5. The zero-order valence-corrected chi connectivity index (χ0v) is 5.84. The molecule has 7 heavy (non-hydrogen) atoms. The topological polar surface area (TPSA) is 17.1 Å². The van der Waals surface area contributed by atoms with Crippen LogP contribution in [0, 0.1) is 0 Å². The second-order valence-electron chi connectivity index (χ2n) is 2.46. The van der Waals surface area contributed by atoms with Crippen LogP contribution in [0.1, 0.15) is 20.8 Å². The van der Waals surface area contributed by atoms with Gasteiger partial charge in [0.2, 0.25) is 0 Å². The number of hydrogen-bond donors (Lipinski definition) is 0. The highest BCUT2D eigenvalue weighted by Gasteiger charge is 1.95. The maximum atomic E-state index is 10.5. The highest BCUT2D eigenvalue weighted by Crippen LogP contribution is 2.03. The van der Waals surface area contributed by atoms with Gasteiger partial charge < -0.3 is 4.21 Å². The van der Waals surface area contributed by atoms with E-state index in [0.29, 0.717) is 0 Å². The lowest BCUT2D eigenvalue weighted by Crippen LogP contribution is -2.14. The third kappa shape index (κ3) is 2.68. The van der Waals surface area contributed by atoms with Crippen molar-refractivity contribution in [2.75, 3.05) is 0 Å². The summed E-state index contributed by atoms with van der Waals surface area (Å²) in [6.07, 6.45) is 0. The first kappa shape index (κ1) is 7.02. The van der Waals surface area contributed by atoms with Crippen LogP contribution < -0.4 is 0 Å². The zero-order chi connectivity index (χ0) is 6.08. The van der Waals surface area contributed by atoms with Gasteiger partial charge in [0.1, 0.15) is 0 Å². The van der Waals surface area contributed by atoms with Crippen LogP contribution in [0.2, 0.25) is 0 Å². The molecule has 44 valence electrons. The summed E-state index contributed by atoms with van der Waals surface area (Å²) >= 11 is 0. The van der Waals surface area contributed by atoms with E-state index >= 15 is 0 Å². The molecule has 0 aromatic rings. The van der Waals surface area contributed by atoms with E-state index in [-0.39, 0.29) is 4.75 Å². The van der Waals surface area contributed by atoms with Crippen LogP contribution in [0.15, 0.2) is 0 Å². The zero-order valence-electron chi connectivity index (χ0n) is 5.02. The first-order valence-corrected chi connectivity index (χ1v) is 3.48. The lowest BCUT2D eigenvalue weighted by molar-refractivity contribution is 0.585. The summed E-state index contributed by atoms with van der Waals surface area (Å²) < 4.78 is 10.3. The van der Waals surface area contributed by atoms with E-state index in [4.69, 9.17) is 0 Å². The van der Waals surface area contributed by atoms with Crippen molar-refractivity contribution in [2.45, 2.75) is 25.5 Å². The van der Waals surface area contributed by atoms with Gasteiger partial charge in [-0.1, -0.05) is 25.5 Å². The van der Waals surface area contributed by atoms with Crippen LogP contribution in [0.25, 0.3) is 0 Å². The molecule has 1 nitrogen and oxygen atoms in total. The van der Waals surface area contributed by atoms with Crippen molar-refractivity contribution in [1.29, 1.82) is 0 Å². The quantitative estimate of drug-likeness (QED) is 0.345. The smallest absolute Gasteiger partial charge is 0.0769 e. The third-order valence-electron chi connectivity index (χ3n) is 0.683. The van der Waals surface area contributed by atoms with Gasteiger partial charge in [-0.15, -0.1) is 0 Å². The average Bonchev–Trinajstić information content (AvgIpc) is 1.31. The van der Waals surface area contributed by atoms with E-state index < -0.39 is 10.4 Å². The van der Waals surface area contributed by atoms with Gasteiger partial charge in [-0.2, -0.15) is 5.87 Å². The molecule has 0 aromatic carbocycles. The molecule has 0 heterocycles. The van der Waals surface area contributed by atoms with E-state index in [2.05, 4.69) is 5.87 Å². The molecule has 0 spiro atoms. The van der Waals surface area contributed by atoms with Crippen LogP contribution in [-0.4, -0.2) is 10.6 Å². The number of rotatable bonds is 0. The Bertz CT molecular complexity index is 109. The summed E-state index contributed by atoms with van der Waals surface area (Å²) in [7, 11) is -0.933. The Morgan fingerprint density at radius 3 is 1.57 bits per heavy atom. The van der Waals surface area contributed by atoms with Crippen LogP contribution in [0.4, 0.5) is 0 Å². The molecule has 2 heteroatoms. The van der Waals surface area contributed by atoms with Crippen molar-refractivity contribution in [2.24, 2.45) is 0 Å². The van der Waals surface area contributed by atoms with E-state index in [1.807, 2.05) is 20.8 Å². The van der Waals surface area contributed by atoms with Crippen LogP contribution in [0.3, 0.4) is 0 Å². The normalized spacial score (nSPS) is 12.6. The fourth-order valence-corrected chi connectivity index (χ4v) is 0. The Kier molecular flexibility index (Phi) is 1.87. The summed E-state index contributed by atoms with van der Waals surface area (Å²) in [5.41, 5.74) is 0. The molecule has 0 fully saturated rings. The summed E-state index contributed by atoms with van der Waals surface area (Å²) in [4.78, 5) is 0. The summed E-state index contributed by atoms with van der Waals surface area (Å²) in [6, 6.07) is 0. The lowest BCUT2D eigenvalue weighted by atomic mass is 10.3. The van der Waals surface area contributed by atoms with E-state index in [1.165, 1.54) is 0 Å². The SMILES string of the molecule is C=[S-](=O)C(C)(C)C. The second kappa shape index (κ2) is 1.86. The highest BCUT2D eigenvalue weighted by molar-refractivity contribution is 7.83.